The molecular weight excluding hydrogens is 265 g/mol. The Hall–Kier alpha value is -1.38. The Bertz CT molecular complexity index is 518. The molecule has 1 aliphatic rings. The fraction of sp³-hybridized carbons (Fsp3) is 0.611. The lowest BCUT2D eigenvalue weighted by Crippen LogP contribution is -2.33. The van der Waals surface area contributed by atoms with E-state index in [1.807, 2.05) is 4.90 Å². The van der Waals surface area contributed by atoms with Crippen LogP contribution in [0.4, 0.5) is 4.39 Å². The zero-order chi connectivity index (χ0) is 15.6. The second-order valence-electron chi connectivity index (χ2n) is 7.22. The van der Waals surface area contributed by atoms with E-state index in [9.17, 15) is 9.18 Å². The molecule has 3 heteroatoms. The predicted molar refractivity (Wildman–Crippen MR) is 83.8 cm³/mol. The van der Waals surface area contributed by atoms with Crippen LogP contribution in [0, 0.1) is 24.1 Å². The maximum Gasteiger partial charge on any atom is 0.256 e. The van der Waals surface area contributed by atoms with E-state index < -0.39 is 0 Å². The summed E-state index contributed by atoms with van der Waals surface area (Å²) in [5.41, 5.74) is 1.01. The van der Waals surface area contributed by atoms with E-state index in [2.05, 4.69) is 20.8 Å². The lowest BCUT2D eigenvalue weighted by atomic mass is 9.77. The van der Waals surface area contributed by atoms with Crippen LogP contribution >= 0.6 is 0 Å². The Morgan fingerprint density at radius 3 is 2.62 bits per heavy atom. The first-order chi connectivity index (χ1) is 9.80. The number of hydrogen-bond acceptors (Lipinski definition) is 1. The molecule has 1 amide bonds. The van der Waals surface area contributed by atoms with Gasteiger partial charge in [-0.2, -0.15) is 0 Å². The van der Waals surface area contributed by atoms with Crippen molar-refractivity contribution in [3.63, 3.8) is 0 Å². The number of aryl methyl sites for hydroxylation is 1. The Morgan fingerprint density at radius 2 is 1.95 bits per heavy atom. The molecule has 1 saturated heterocycles. The van der Waals surface area contributed by atoms with Crippen molar-refractivity contribution in [2.45, 2.75) is 47.0 Å². The van der Waals surface area contributed by atoms with Crippen molar-refractivity contribution in [3.05, 3.63) is 35.1 Å². The molecule has 21 heavy (non-hydrogen) atoms. The van der Waals surface area contributed by atoms with Gasteiger partial charge in [0.2, 0.25) is 0 Å². The van der Waals surface area contributed by atoms with Crippen LogP contribution in [-0.4, -0.2) is 23.9 Å². The maximum absolute atomic E-state index is 14.1. The second kappa shape index (κ2) is 6.17. The van der Waals surface area contributed by atoms with Gasteiger partial charge in [-0.3, -0.25) is 4.79 Å². The number of halogens is 1. The van der Waals surface area contributed by atoms with Crippen LogP contribution in [0.1, 0.15) is 56.0 Å². The smallest absolute Gasteiger partial charge is 0.256 e. The molecule has 0 spiro atoms. The molecule has 0 aromatic heterocycles. The van der Waals surface area contributed by atoms with Crippen LogP contribution in [0.5, 0.6) is 0 Å². The molecule has 0 N–H and O–H groups in total. The zero-order valence-electron chi connectivity index (χ0n) is 13.6. The van der Waals surface area contributed by atoms with Crippen LogP contribution in [-0.2, 0) is 0 Å². The Morgan fingerprint density at radius 1 is 1.24 bits per heavy atom. The number of carbonyl (C=O) groups is 1. The number of rotatable bonds is 1. The minimum absolute atomic E-state index is 0.161. The van der Waals surface area contributed by atoms with E-state index in [-0.39, 0.29) is 22.7 Å². The molecule has 2 nitrogen and oxygen atoms in total. The van der Waals surface area contributed by atoms with E-state index in [4.69, 9.17) is 0 Å². The lowest BCUT2D eigenvalue weighted by molar-refractivity contribution is 0.0750. The molecule has 116 valence electrons. The van der Waals surface area contributed by atoms with Gasteiger partial charge in [0.1, 0.15) is 5.82 Å². The van der Waals surface area contributed by atoms with Gasteiger partial charge < -0.3 is 4.90 Å². The van der Waals surface area contributed by atoms with E-state index in [0.29, 0.717) is 11.5 Å². The highest BCUT2D eigenvalue weighted by molar-refractivity contribution is 5.94. The molecule has 1 aliphatic heterocycles. The molecule has 0 aliphatic carbocycles. The maximum atomic E-state index is 14.1. The summed E-state index contributed by atoms with van der Waals surface area (Å²) in [4.78, 5) is 14.4. The first kappa shape index (κ1) is 16.0. The van der Waals surface area contributed by atoms with Crippen LogP contribution in [0.3, 0.4) is 0 Å². The van der Waals surface area contributed by atoms with E-state index in [1.54, 1.807) is 25.1 Å². The molecule has 1 aromatic carbocycles. The van der Waals surface area contributed by atoms with Crippen molar-refractivity contribution in [2.24, 2.45) is 11.3 Å². The van der Waals surface area contributed by atoms with Crippen molar-refractivity contribution < 1.29 is 9.18 Å². The summed E-state index contributed by atoms with van der Waals surface area (Å²) in [6.45, 7) is 9.94. The average Bonchev–Trinajstić information content (AvgIpc) is 2.66. The third-order valence-electron chi connectivity index (χ3n) is 4.66. The van der Waals surface area contributed by atoms with Crippen LogP contribution in [0.25, 0.3) is 0 Å². The van der Waals surface area contributed by atoms with Gasteiger partial charge in [-0.25, -0.2) is 4.39 Å². The van der Waals surface area contributed by atoms with Gasteiger partial charge in [-0.05, 0) is 49.1 Å². The topological polar surface area (TPSA) is 20.3 Å². The normalized spacial score (nSPS) is 20.2. The van der Waals surface area contributed by atoms with Crippen molar-refractivity contribution in [3.8, 4) is 0 Å². The predicted octanol–water partition coefficient (Wildman–Crippen LogP) is 4.42. The summed E-state index contributed by atoms with van der Waals surface area (Å²) in [5.74, 6) is 0.0857. The first-order valence-corrected chi connectivity index (χ1v) is 7.85. The summed E-state index contributed by atoms with van der Waals surface area (Å²) in [7, 11) is 0. The minimum Gasteiger partial charge on any atom is -0.339 e. The highest BCUT2D eigenvalue weighted by Gasteiger charge is 2.29. The van der Waals surface area contributed by atoms with E-state index in [1.165, 1.54) is 0 Å². The summed E-state index contributed by atoms with van der Waals surface area (Å²) in [6.07, 6.45) is 3.15. The fourth-order valence-corrected chi connectivity index (χ4v) is 3.15. The van der Waals surface area contributed by atoms with Gasteiger partial charge >= 0.3 is 0 Å². The Labute approximate surface area is 127 Å². The molecule has 0 radical (unpaired) electrons. The zero-order valence-corrected chi connectivity index (χ0v) is 13.6. The third kappa shape index (κ3) is 3.63. The quantitative estimate of drug-likeness (QED) is 0.750. The monoisotopic (exact) mass is 291 g/mol. The first-order valence-electron chi connectivity index (χ1n) is 7.85. The van der Waals surface area contributed by atoms with Gasteiger partial charge in [-0.1, -0.05) is 32.9 Å². The lowest BCUT2D eigenvalue weighted by Gasteiger charge is -2.29. The Kier molecular flexibility index (Phi) is 4.70. The van der Waals surface area contributed by atoms with Gasteiger partial charge in [0, 0.05) is 13.1 Å². The molecule has 0 bridgehead atoms. The fourth-order valence-electron chi connectivity index (χ4n) is 3.15. The number of nitrogens with zero attached hydrogens (tertiary/aromatic N) is 1. The summed E-state index contributed by atoms with van der Waals surface area (Å²) in [5, 5.41) is 0. The number of carbonyl (C=O) groups excluding carboxylic acids is 1. The molecule has 1 fully saturated rings. The largest absolute Gasteiger partial charge is 0.339 e. The van der Waals surface area contributed by atoms with E-state index in [0.717, 1.165) is 32.4 Å². The average molecular weight is 291 g/mol. The summed E-state index contributed by atoms with van der Waals surface area (Å²) >= 11 is 0. The van der Waals surface area contributed by atoms with Crippen molar-refractivity contribution in [1.82, 2.24) is 4.90 Å². The van der Waals surface area contributed by atoms with Gasteiger partial charge in [0.05, 0.1) is 5.56 Å². The number of amides is 1. The summed E-state index contributed by atoms with van der Waals surface area (Å²) in [6, 6.07) is 5.04. The molecule has 2 rings (SSSR count). The van der Waals surface area contributed by atoms with Crippen LogP contribution in [0.2, 0.25) is 0 Å². The molecule has 0 saturated carbocycles. The SMILES string of the molecule is Cc1cccc(C(=O)N2CCCC(C(C)(C)C)CC2)c1F. The third-order valence-corrected chi connectivity index (χ3v) is 4.66. The van der Waals surface area contributed by atoms with Gasteiger partial charge in [0.25, 0.3) is 5.91 Å². The van der Waals surface area contributed by atoms with Crippen LogP contribution < -0.4 is 0 Å². The van der Waals surface area contributed by atoms with Gasteiger partial charge in [0.15, 0.2) is 0 Å². The Balaban J connectivity index is 2.12. The molecule has 1 heterocycles. The van der Waals surface area contributed by atoms with Crippen LogP contribution in [0.15, 0.2) is 18.2 Å². The highest BCUT2D eigenvalue weighted by Crippen LogP contribution is 2.34. The molecule has 1 atom stereocenters. The minimum atomic E-state index is -0.376. The standard InChI is InChI=1S/C18H26FNO/c1-13-7-5-9-15(16(13)19)17(21)20-11-6-8-14(10-12-20)18(2,3)4/h5,7,9,14H,6,8,10-12H2,1-4H3. The van der Waals surface area contributed by atoms with E-state index >= 15 is 0 Å². The number of likely N-dealkylation sites (tertiary alicyclic amines) is 1. The summed E-state index contributed by atoms with van der Waals surface area (Å²) < 4.78 is 14.1. The second-order valence-corrected chi connectivity index (χ2v) is 7.22. The van der Waals surface area contributed by atoms with Gasteiger partial charge in [-0.15, -0.1) is 0 Å². The van der Waals surface area contributed by atoms with Crippen molar-refractivity contribution in [2.75, 3.05) is 13.1 Å². The molecule has 1 aromatic rings. The highest BCUT2D eigenvalue weighted by atomic mass is 19.1. The van der Waals surface area contributed by atoms with Crippen molar-refractivity contribution >= 4 is 5.91 Å². The van der Waals surface area contributed by atoms with Crippen molar-refractivity contribution in [1.29, 1.82) is 0 Å². The molecule has 1 unspecified atom stereocenters. The number of benzene rings is 1. The molecular formula is C18H26FNO. The number of hydrogen-bond donors (Lipinski definition) is 0.